The summed E-state index contributed by atoms with van der Waals surface area (Å²) in [5.41, 5.74) is 3.58. The number of thiophene rings is 1. The van der Waals surface area contributed by atoms with Crippen LogP contribution >= 0.6 is 11.3 Å². The van der Waals surface area contributed by atoms with E-state index in [1.54, 1.807) is 11.3 Å². The first-order valence-electron chi connectivity index (χ1n) is 9.93. The topological polar surface area (TPSA) is 49.4 Å². The van der Waals surface area contributed by atoms with E-state index in [2.05, 4.69) is 35.6 Å². The van der Waals surface area contributed by atoms with Crippen molar-refractivity contribution < 1.29 is 9.59 Å². The summed E-state index contributed by atoms with van der Waals surface area (Å²) in [7, 11) is 0. The molecule has 0 bridgehead atoms. The van der Waals surface area contributed by atoms with Gasteiger partial charge in [0.25, 0.3) is 0 Å². The zero-order valence-corrected chi connectivity index (χ0v) is 17.0. The van der Waals surface area contributed by atoms with Crippen molar-refractivity contribution in [3.05, 3.63) is 93.7 Å². The number of benzene rings is 2. The molecule has 0 fully saturated rings. The first-order valence-corrected chi connectivity index (χ1v) is 10.8. The lowest BCUT2D eigenvalue weighted by atomic mass is 9.88. The van der Waals surface area contributed by atoms with Crippen LogP contribution in [0.4, 0.5) is 0 Å². The molecule has 4 rings (SSSR count). The molecule has 2 amide bonds. The van der Waals surface area contributed by atoms with Gasteiger partial charge in [-0.3, -0.25) is 9.59 Å². The Morgan fingerprint density at radius 1 is 0.966 bits per heavy atom. The molecular formula is C24H24N2O2S. The highest BCUT2D eigenvalue weighted by atomic mass is 32.1. The lowest BCUT2D eigenvalue weighted by Crippen LogP contribution is -2.41. The maximum atomic E-state index is 13.1. The third-order valence-corrected chi connectivity index (χ3v) is 6.20. The summed E-state index contributed by atoms with van der Waals surface area (Å²) in [6.07, 6.45) is 1.28. The van der Waals surface area contributed by atoms with Crippen molar-refractivity contribution in [3.63, 3.8) is 0 Å². The molecule has 1 aromatic heterocycles. The van der Waals surface area contributed by atoms with Gasteiger partial charge in [-0.25, -0.2) is 0 Å². The largest absolute Gasteiger partial charge is 0.351 e. The second-order valence-corrected chi connectivity index (χ2v) is 8.24. The fourth-order valence-corrected chi connectivity index (χ4v) is 4.53. The molecule has 2 aromatic carbocycles. The Balaban J connectivity index is 1.44. The van der Waals surface area contributed by atoms with E-state index in [-0.39, 0.29) is 30.7 Å². The highest BCUT2D eigenvalue weighted by Crippen LogP contribution is 2.35. The lowest BCUT2D eigenvalue weighted by molar-refractivity contribution is -0.135. The summed E-state index contributed by atoms with van der Waals surface area (Å²) in [5, 5.41) is 4.89. The number of nitrogens with one attached hydrogen (secondary N) is 1. The normalized spacial score (nSPS) is 15.6. The van der Waals surface area contributed by atoms with Crippen LogP contribution in [0.2, 0.25) is 0 Å². The number of carbonyl (C=O) groups excluding carboxylic acids is 2. The summed E-state index contributed by atoms with van der Waals surface area (Å²) >= 11 is 1.61. The van der Waals surface area contributed by atoms with E-state index in [1.165, 1.54) is 11.1 Å². The second-order valence-electron chi connectivity index (χ2n) is 7.21. The molecule has 29 heavy (non-hydrogen) atoms. The van der Waals surface area contributed by atoms with Crippen molar-refractivity contribution >= 4 is 23.2 Å². The molecular weight excluding hydrogens is 380 g/mol. The molecule has 0 saturated carbocycles. The Bertz CT molecular complexity index is 970. The van der Waals surface area contributed by atoms with E-state index >= 15 is 0 Å². The Morgan fingerprint density at radius 3 is 2.55 bits per heavy atom. The third-order valence-electron chi connectivity index (χ3n) is 5.32. The Hall–Kier alpha value is -2.92. The molecule has 4 nitrogen and oxygen atoms in total. The number of nitrogens with zero attached hydrogens (tertiary/aromatic N) is 1. The molecule has 1 unspecified atom stereocenters. The zero-order chi connectivity index (χ0) is 20.1. The van der Waals surface area contributed by atoms with E-state index in [0.29, 0.717) is 13.1 Å². The molecule has 0 saturated heterocycles. The van der Waals surface area contributed by atoms with Crippen LogP contribution in [-0.2, 0) is 22.6 Å². The van der Waals surface area contributed by atoms with Crippen LogP contribution in [0.3, 0.4) is 0 Å². The first kappa shape index (κ1) is 19.4. The van der Waals surface area contributed by atoms with Crippen molar-refractivity contribution in [2.45, 2.75) is 31.8 Å². The van der Waals surface area contributed by atoms with Gasteiger partial charge in [0.05, 0.1) is 12.6 Å². The van der Waals surface area contributed by atoms with E-state index < -0.39 is 0 Å². The number of hydrogen-bond donors (Lipinski definition) is 1. The zero-order valence-electron chi connectivity index (χ0n) is 16.2. The summed E-state index contributed by atoms with van der Waals surface area (Å²) < 4.78 is 0. The van der Waals surface area contributed by atoms with Crippen LogP contribution < -0.4 is 5.32 Å². The van der Waals surface area contributed by atoms with Crippen molar-refractivity contribution in [2.24, 2.45) is 0 Å². The van der Waals surface area contributed by atoms with Gasteiger partial charge in [-0.15, -0.1) is 11.3 Å². The molecule has 0 spiro atoms. The van der Waals surface area contributed by atoms with Crippen LogP contribution in [0.1, 0.15) is 40.5 Å². The number of amides is 2. The minimum absolute atomic E-state index is 0.0274. The second kappa shape index (κ2) is 9.05. The number of hydrogen-bond acceptors (Lipinski definition) is 3. The van der Waals surface area contributed by atoms with Gasteiger partial charge < -0.3 is 10.2 Å². The van der Waals surface area contributed by atoms with Crippen molar-refractivity contribution in [1.29, 1.82) is 0 Å². The number of rotatable bonds is 6. The van der Waals surface area contributed by atoms with Gasteiger partial charge in [-0.1, -0.05) is 60.7 Å². The molecule has 3 aromatic rings. The van der Waals surface area contributed by atoms with Gasteiger partial charge in [-0.05, 0) is 34.6 Å². The minimum Gasteiger partial charge on any atom is -0.351 e. The van der Waals surface area contributed by atoms with Crippen molar-refractivity contribution in [2.75, 3.05) is 6.54 Å². The van der Waals surface area contributed by atoms with Gasteiger partial charge in [0, 0.05) is 24.3 Å². The molecule has 1 aliphatic rings. The Kier molecular flexibility index (Phi) is 6.06. The Labute approximate surface area is 175 Å². The highest BCUT2D eigenvalue weighted by molar-refractivity contribution is 7.09. The summed E-state index contributed by atoms with van der Waals surface area (Å²) in [6, 6.07) is 22.3. The monoisotopic (exact) mass is 404 g/mol. The van der Waals surface area contributed by atoms with Crippen LogP contribution in [0.25, 0.3) is 0 Å². The summed E-state index contributed by atoms with van der Waals surface area (Å²) in [4.78, 5) is 28.3. The van der Waals surface area contributed by atoms with Gasteiger partial charge in [0.1, 0.15) is 0 Å². The van der Waals surface area contributed by atoms with Gasteiger partial charge >= 0.3 is 0 Å². The van der Waals surface area contributed by atoms with Crippen molar-refractivity contribution in [3.8, 4) is 0 Å². The standard InChI is InChI=1S/C24H24N2O2S/c27-22(25-17-20-10-6-16-29-20)12-13-23(28)26-15-14-18-7-4-5-11-21(18)24(26)19-8-2-1-3-9-19/h1-11,16,24H,12-15,17H2,(H,25,27). The smallest absolute Gasteiger partial charge is 0.223 e. The summed E-state index contributed by atoms with van der Waals surface area (Å²) in [5.74, 6) is -0.0555. The van der Waals surface area contributed by atoms with Gasteiger partial charge in [0.15, 0.2) is 0 Å². The molecule has 0 radical (unpaired) electrons. The third kappa shape index (κ3) is 4.57. The minimum atomic E-state index is -0.0946. The SMILES string of the molecule is O=C(CCC(=O)N1CCc2ccccc2C1c1ccccc1)NCc1cccs1. The molecule has 1 aliphatic heterocycles. The molecule has 1 atom stereocenters. The van der Waals surface area contributed by atoms with Gasteiger partial charge in [0.2, 0.25) is 11.8 Å². The first-order chi connectivity index (χ1) is 14.2. The molecule has 5 heteroatoms. The fourth-order valence-electron chi connectivity index (χ4n) is 3.88. The van der Waals surface area contributed by atoms with E-state index in [1.807, 2.05) is 46.7 Å². The quantitative estimate of drug-likeness (QED) is 0.665. The van der Waals surface area contributed by atoms with Crippen LogP contribution in [0.5, 0.6) is 0 Å². The molecule has 1 N–H and O–H groups in total. The highest BCUT2D eigenvalue weighted by Gasteiger charge is 2.31. The molecule has 2 heterocycles. The predicted octanol–water partition coefficient (Wildman–Crippen LogP) is 4.32. The average molecular weight is 405 g/mol. The van der Waals surface area contributed by atoms with Crippen molar-refractivity contribution in [1.82, 2.24) is 10.2 Å². The predicted molar refractivity (Wildman–Crippen MR) is 116 cm³/mol. The van der Waals surface area contributed by atoms with Gasteiger partial charge in [-0.2, -0.15) is 0 Å². The Morgan fingerprint density at radius 2 is 1.76 bits per heavy atom. The fraction of sp³-hybridized carbons (Fsp3) is 0.250. The number of carbonyl (C=O) groups is 2. The maximum absolute atomic E-state index is 13.1. The lowest BCUT2D eigenvalue weighted by Gasteiger charge is -2.38. The summed E-state index contributed by atoms with van der Waals surface area (Å²) in [6.45, 7) is 1.20. The van der Waals surface area contributed by atoms with E-state index in [0.717, 1.165) is 16.9 Å². The average Bonchev–Trinajstić information content (AvgIpc) is 3.29. The molecule has 0 aliphatic carbocycles. The van der Waals surface area contributed by atoms with E-state index in [9.17, 15) is 9.59 Å². The molecule has 148 valence electrons. The van der Waals surface area contributed by atoms with Crippen LogP contribution in [-0.4, -0.2) is 23.3 Å². The van der Waals surface area contributed by atoms with Crippen LogP contribution in [0, 0.1) is 0 Å². The van der Waals surface area contributed by atoms with Crippen LogP contribution in [0.15, 0.2) is 72.1 Å². The number of fused-ring (bicyclic) bond motifs is 1. The van der Waals surface area contributed by atoms with E-state index in [4.69, 9.17) is 0 Å². The maximum Gasteiger partial charge on any atom is 0.223 e.